The third-order valence-electron chi connectivity index (χ3n) is 3.20. The van der Waals surface area contributed by atoms with Crippen molar-refractivity contribution in [2.75, 3.05) is 10.6 Å². The fraction of sp³-hybridized carbons (Fsp3) is 0.176. The maximum atomic E-state index is 12.1. The average Bonchev–Trinajstić information content (AvgIpc) is 2.42. The van der Waals surface area contributed by atoms with Crippen LogP contribution in [0.4, 0.5) is 11.4 Å². The van der Waals surface area contributed by atoms with Gasteiger partial charge in [-0.2, -0.15) is 0 Å². The van der Waals surface area contributed by atoms with Gasteiger partial charge in [0.25, 0.3) is 0 Å². The molecule has 0 aliphatic heterocycles. The van der Waals surface area contributed by atoms with Crippen molar-refractivity contribution in [1.82, 2.24) is 0 Å². The number of amides is 2. The third-order valence-corrected chi connectivity index (χ3v) is 3.70. The fourth-order valence-electron chi connectivity index (χ4n) is 2.30. The van der Waals surface area contributed by atoms with E-state index in [1.165, 1.54) is 0 Å². The molecule has 0 unspecified atom stereocenters. The van der Waals surface area contributed by atoms with Crippen LogP contribution in [0.1, 0.15) is 16.7 Å². The maximum Gasteiger partial charge on any atom is 0.314 e. The molecule has 0 spiro atoms. The number of hydrogen-bond acceptors (Lipinski definition) is 2. The van der Waals surface area contributed by atoms with E-state index in [1.807, 2.05) is 39.0 Å². The molecule has 0 radical (unpaired) electrons. The summed E-state index contributed by atoms with van der Waals surface area (Å²) in [4.78, 5) is 24.0. The molecule has 5 heteroatoms. The predicted molar refractivity (Wildman–Crippen MR) is 92.1 cm³/mol. The SMILES string of the molecule is Cc1cc(C)c(NC(=O)C(=O)Nc2cccc(Br)c2)c(C)c1. The maximum absolute atomic E-state index is 12.1. The van der Waals surface area contributed by atoms with Crippen molar-refractivity contribution in [1.29, 1.82) is 0 Å². The first-order chi connectivity index (χ1) is 10.4. The molecule has 4 nitrogen and oxygen atoms in total. The van der Waals surface area contributed by atoms with Crippen molar-refractivity contribution in [2.45, 2.75) is 20.8 Å². The second-order valence-corrected chi connectivity index (χ2v) is 6.11. The van der Waals surface area contributed by atoms with Gasteiger partial charge >= 0.3 is 11.8 Å². The normalized spacial score (nSPS) is 10.2. The van der Waals surface area contributed by atoms with Gasteiger partial charge in [-0.3, -0.25) is 9.59 Å². The number of rotatable bonds is 2. The molecule has 2 amide bonds. The number of anilines is 2. The molecular formula is C17H17BrN2O2. The highest BCUT2D eigenvalue weighted by Crippen LogP contribution is 2.22. The Morgan fingerprint density at radius 1 is 0.909 bits per heavy atom. The van der Waals surface area contributed by atoms with E-state index < -0.39 is 11.8 Å². The molecule has 0 aliphatic carbocycles. The molecule has 0 aromatic heterocycles. The van der Waals surface area contributed by atoms with Crippen LogP contribution in [-0.2, 0) is 9.59 Å². The van der Waals surface area contributed by atoms with E-state index in [1.54, 1.807) is 18.2 Å². The summed E-state index contributed by atoms with van der Waals surface area (Å²) >= 11 is 3.32. The Hall–Kier alpha value is -2.14. The van der Waals surface area contributed by atoms with E-state index in [0.717, 1.165) is 21.2 Å². The lowest BCUT2D eigenvalue weighted by Crippen LogP contribution is -2.29. The predicted octanol–water partition coefficient (Wildman–Crippen LogP) is 3.95. The van der Waals surface area contributed by atoms with E-state index >= 15 is 0 Å². The number of hydrogen-bond donors (Lipinski definition) is 2. The lowest BCUT2D eigenvalue weighted by Gasteiger charge is -2.12. The monoisotopic (exact) mass is 360 g/mol. The van der Waals surface area contributed by atoms with Crippen molar-refractivity contribution in [3.05, 3.63) is 57.6 Å². The number of benzene rings is 2. The number of carbonyl (C=O) groups excluding carboxylic acids is 2. The number of nitrogens with one attached hydrogen (secondary N) is 2. The minimum Gasteiger partial charge on any atom is -0.318 e. The standard InChI is InChI=1S/C17H17BrN2O2/c1-10-7-11(2)15(12(3)8-10)20-17(22)16(21)19-14-6-4-5-13(18)9-14/h4-9H,1-3H3,(H,19,21)(H,20,22). The summed E-state index contributed by atoms with van der Waals surface area (Å²) in [6.45, 7) is 5.80. The van der Waals surface area contributed by atoms with Crippen LogP contribution < -0.4 is 10.6 Å². The zero-order valence-corrected chi connectivity index (χ0v) is 14.2. The minimum absolute atomic E-state index is 0.562. The van der Waals surface area contributed by atoms with Crippen LogP contribution in [0.5, 0.6) is 0 Å². The molecule has 0 bridgehead atoms. The van der Waals surface area contributed by atoms with Gasteiger partial charge in [-0.1, -0.05) is 39.7 Å². The van der Waals surface area contributed by atoms with Crippen molar-refractivity contribution in [3.8, 4) is 0 Å². The van der Waals surface area contributed by atoms with Gasteiger partial charge in [0.15, 0.2) is 0 Å². The summed E-state index contributed by atoms with van der Waals surface area (Å²) in [5, 5.41) is 5.25. The Balaban J connectivity index is 2.11. The van der Waals surface area contributed by atoms with Crippen molar-refractivity contribution in [2.24, 2.45) is 0 Å². The molecule has 0 saturated heterocycles. The Kier molecular flexibility index (Phi) is 4.98. The molecule has 2 aromatic rings. The third kappa shape index (κ3) is 3.95. The van der Waals surface area contributed by atoms with Gasteiger partial charge in [0.1, 0.15) is 0 Å². The summed E-state index contributed by atoms with van der Waals surface area (Å²) in [6.07, 6.45) is 0. The number of aryl methyl sites for hydroxylation is 3. The zero-order chi connectivity index (χ0) is 16.3. The fourth-order valence-corrected chi connectivity index (χ4v) is 2.70. The van der Waals surface area contributed by atoms with E-state index in [0.29, 0.717) is 11.4 Å². The van der Waals surface area contributed by atoms with Gasteiger partial charge in [-0.15, -0.1) is 0 Å². The van der Waals surface area contributed by atoms with Crippen LogP contribution in [-0.4, -0.2) is 11.8 Å². The Bertz CT molecular complexity index is 718. The van der Waals surface area contributed by atoms with Gasteiger partial charge in [0.2, 0.25) is 0 Å². The molecular weight excluding hydrogens is 344 g/mol. The van der Waals surface area contributed by atoms with Crippen molar-refractivity contribution < 1.29 is 9.59 Å². The van der Waals surface area contributed by atoms with Gasteiger partial charge < -0.3 is 10.6 Å². The summed E-state index contributed by atoms with van der Waals surface area (Å²) in [5.74, 6) is -1.38. The Morgan fingerprint density at radius 2 is 1.50 bits per heavy atom. The molecule has 114 valence electrons. The van der Waals surface area contributed by atoms with Gasteiger partial charge in [-0.05, 0) is 50.1 Å². The molecule has 2 rings (SSSR count). The Morgan fingerprint density at radius 3 is 2.09 bits per heavy atom. The van der Waals surface area contributed by atoms with Crippen LogP contribution in [0.3, 0.4) is 0 Å². The van der Waals surface area contributed by atoms with Crippen LogP contribution in [0.2, 0.25) is 0 Å². The quantitative estimate of drug-likeness (QED) is 0.796. The molecule has 0 aliphatic rings. The molecule has 22 heavy (non-hydrogen) atoms. The van der Waals surface area contributed by atoms with E-state index in [-0.39, 0.29) is 0 Å². The lowest BCUT2D eigenvalue weighted by atomic mass is 10.1. The van der Waals surface area contributed by atoms with Gasteiger partial charge in [0.05, 0.1) is 0 Å². The van der Waals surface area contributed by atoms with E-state index in [2.05, 4.69) is 26.6 Å². The topological polar surface area (TPSA) is 58.2 Å². The highest BCUT2D eigenvalue weighted by molar-refractivity contribution is 9.10. The second-order valence-electron chi connectivity index (χ2n) is 5.19. The van der Waals surface area contributed by atoms with E-state index in [9.17, 15) is 9.59 Å². The van der Waals surface area contributed by atoms with Crippen molar-refractivity contribution >= 4 is 39.1 Å². The minimum atomic E-state index is -0.697. The second kappa shape index (κ2) is 6.75. The van der Waals surface area contributed by atoms with Crippen LogP contribution in [0, 0.1) is 20.8 Å². The summed E-state index contributed by atoms with van der Waals surface area (Å²) < 4.78 is 0.830. The molecule has 2 aromatic carbocycles. The molecule has 2 N–H and O–H groups in total. The number of carbonyl (C=O) groups is 2. The first-order valence-electron chi connectivity index (χ1n) is 6.82. The smallest absolute Gasteiger partial charge is 0.314 e. The summed E-state index contributed by atoms with van der Waals surface area (Å²) in [6, 6.07) is 11.0. The van der Waals surface area contributed by atoms with Crippen LogP contribution in [0.25, 0.3) is 0 Å². The zero-order valence-electron chi connectivity index (χ0n) is 12.7. The largest absolute Gasteiger partial charge is 0.318 e. The summed E-state index contributed by atoms with van der Waals surface area (Å²) in [5.41, 5.74) is 4.22. The number of halogens is 1. The van der Waals surface area contributed by atoms with Crippen LogP contribution >= 0.6 is 15.9 Å². The summed E-state index contributed by atoms with van der Waals surface area (Å²) in [7, 11) is 0. The highest BCUT2D eigenvalue weighted by Gasteiger charge is 2.16. The average molecular weight is 361 g/mol. The molecule has 0 saturated carbocycles. The molecule has 0 atom stereocenters. The molecule has 0 fully saturated rings. The van der Waals surface area contributed by atoms with Gasteiger partial charge in [0, 0.05) is 15.8 Å². The van der Waals surface area contributed by atoms with Gasteiger partial charge in [-0.25, -0.2) is 0 Å². The van der Waals surface area contributed by atoms with Crippen LogP contribution in [0.15, 0.2) is 40.9 Å². The first-order valence-corrected chi connectivity index (χ1v) is 7.62. The lowest BCUT2D eigenvalue weighted by molar-refractivity contribution is -0.133. The molecule has 0 heterocycles. The first kappa shape index (κ1) is 16.2. The highest BCUT2D eigenvalue weighted by atomic mass is 79.9. The van der Waals surface area contributed by atoms with Crippen molar-refractivity contribution in [3.63, 3.8) is 0 Å². The Labute approximate surface area is 138 Å². The van der Waals surface area contributed by atoms with E-state index in [4.69, 9.17) is 0 Å².